The second kappa shape index (κ2) is 9.38. The molecule has 1 aromatic rings. The van der Waals surface area contributed by atoms with Crippen LogP contribution < -0.4 is 10.6 Å². The second-order valence-electron chi connectivity index (χ2n) is 6.67. The number of benzene rings is 1. The van der Waals surface area contributed by atoms with Crippen LogP contribution >= 0.6 is 0 Å². The van der Waals surface area contributed by atoms with Crippen molar-refractivity contribution in [3.63, 3.8) is 0 Å². The Bertz CT molecular complexity index is 698. The summed E-state index contributed by atoms with van der Waals surface area (Å²) in [5.41, 5.74) is 2.77. The molecule has 0 amide bonds. The van der Waals surface area contributed by atoms with Crippen LogP contribution in [0.1, 0.15) is 42.9 Å². The van der Waals surface area contributed by atoms with Crippen molar-refractivity contribution in [1.29, 1.82) is 0 Å². The van der Waals surface area contributed by atoms with Crippen LogP contribution in [0.5, 0.6) is 5.75 Å². The number of carbonyl (C=O) groups is 2. The van der Waals surface area contributed by atoms with Gasteiger partial charge in [0.25, 0.3) is 0 Å². The number of phenolic OH excluding ortho intramolecular Hbond substituents is 1. The van der Waals surface area contributed by atoms with Crippen LogP contribution in [0.3, 0.4) is 0 Å². The molecule has 0 aliphatic heterocycles. The van der Waals surface area contributed by atoms with Gasteiger partial charge in [-0.25, -0.2) is 9.59 Å². The van der Waals surface area contributed by atoms with Gasteiger partial charge in [0.1, 0.15) is 5.75 Å². The highest BCUT2D eigenvalue weighted by Crippen LogP contribution is 2.39. The fourth-order valence-electron chi connectivity index (χ4n) is 3.35. The molecule has 148 valence electrons. The number of aliphatic hydroxyl groups is 1. The summed E-state index contributed by atoms with van der Waals surface area (Å²) in [5.74, 6) is -2.25. The first-order chi connectivity index (χ1) is 12.8. The lowest BCUT2D eigenvalue weighted by atomic mass is 9.83. The number of aromatic hydroxyl groups is 1. The molecule has 1 fully saturated rings. The quantitative estimate of drug-likeness (QED) is 0.336. The van der Waals surface area contributed by atoms with Gasteiger partial charge in [0.05, 0.1) is 11.8 Å². The largest absolute Gasteiger partial charge is 0.506 e. The Morgan fingerprint density at radius 3 is 2.22 bits per heavy atom. The molecule has 8 heteroatoms. The highest BCUT2D eigenvalue weighted by Gasteiger charge is 2.32. The van der Waals surface area contributed by atoms with E-state index in [1.54, 1.807) is 13.1 Å². The first-order valence-electron chi connectivity index (χ1n) is 8.94. The number of hydrogen-bond donors (Lipinski definition) is 6. The number of rotatable bonds is 5. The zero-order chi connectivity index (χ0) is 20.0. The van der Waals surface area contributed by atoms with Crippen LogP contribution in [0, 0.1) is 0 Å². The maximum atomic E-state index is 10.5. The van der Waals surface area contributed by atoms with E-state index in [0.717, 1.165) is 29.7 Å². The number of hydrogen-bond acceptors (Lipinski definition) is 6. The molecule has 0 bridgehead atoms. The molecule has 6 N–H and O–H groups in total. The maximum Gasteiger partial charge on any atom is 0.328 e. The van der Waals surface area contributed by atoms with Gasteiger partial charge >= 0.3 is 11.9 Å². The fraction of sp³-hybridized carbons (Fsp3) is 0.474. The molecule has 0 spiro atoms. The molecule has 0 unspecified atom stereocenters. The van der Waals surface area contributed by atoms with E-state index in [9.17, 15) is 19.8 Å². The number of fused-ring (bicyclic) bond motifs is 1. The van der Waals surface area contributed by atoms with Crippen molar-refractivity contribution in [1.82, 2.24) is 5.32 Å². The molecule has 2 atom stereocenters. The molecule has 3 rings (SSSR count). The molecule has 2 aliphatic carbocycles. The van der Waals surface area contributed by atoms with Gasteiger partial charge in [0.15, 0.2) is 0 Å². The molecule has 0 aromatic heterocycles. The number of nitrogens with one attached hydrogen (secondary N) is 2. The summed E-state index contributed by atoms with van der Waals surface area (Å²) in [6.07, 6.45) is 6.21. The normalized spacial score (nSPS) is 21.6. The van der Waals surface area contributed by atoms with Crippen molar-refractivity contribution in [3.05, 3.63) is 35.4 Å². The summed E-state index contributed by atoms with van der Waals surface area (Å²) in [6.45, 7) is 0. The zero-order valence-electron chi connectivity index (χ0n) is 15.2. The number of carboxylic acids is 2. The van der Waals surface area contributed by atoms with Crippen molar-refractivity contribution in [2.24, 2.45) is 0 Å². The Balaban J connectivity index is 0.000000279. The molecular formula is C19H26N2O6. The van der Waals surface area contributed by atoms with Crippen LogP contribution in [0.15, 0.2) is 24.3 Å². The fourth-order valence-corrected chi connectivity index (χ4v) is 3.35. The molecule has 0 saturated heterocycles. The van der Waals surface area contributed by atoms with E-state index in [1.807, 2.05) is 6.07 Å². The maximum absolute atomic E-state index is 10.5. The summed E-state index contributed by atoms with van der Waals surface area (Å²) in [6, 6.07) is 4.25. The van der Waals surface area contributed by atoms with E-state index >= 15 is 0 Å². The zero-order valence-corrected chi connectivity index (χ0v) is 15.2. The van der Waals surface area contributed by atoms with Crippen molar-refractivity contribution >= 4 is 17.6 Å². The summed E-state index contributed by atoms with van der Waals surface area (Å²) >= 11 is 0. The minimum absolute atomic E-state index is 0.145. The molecule has 0 heterocycles. The van der Waals surface area contributed by atoms with Crippen LogP contribution in [0.25, 0.3) is 0 Å². The Kier molecular flexibility index (Phi) is 7.20. The minimum Gasteiger partial charge on any atom is -0.506 e. The molecule has 27 heavy (non-hydrogen) atoms. The number of anilines is 1. The van der Waals surface area contributed by atoms with Gasteiger partial charge in [-0.15, -0.1) is 0 Å². The molecule has 2 aliphatic rings. The third-order valence-electron chi connectivity index (χ3n) is 4.91. The number of aliphatic carboxylic acids is 2. The summed E-state index contributed by atoms with van der Waals surface area (Å²) in [5, 5.41) is 42.6. The average Bonchev–Trinajstić information content (AvgIpc) is 2.58. The van der Waals surface area contributed by atoms with Crippen molar-refractivity contribution < 1.29 is 30.0 Å². The third kappa shape index (κ3) is 5.45. The Morgan fingerprint density at radius 1 is 1.11 bits per heavy atom. The first-order valence-corrected chi connectivity index (χ1v) is 8.94. The van der Waals surface area contributed by atoms with Crippen molar-refractivity contribution in [2.45, 2.75) is 50.3 Å². The van der Waals surface area contributed by atoms with E-state index in [4.69, 9.17) is 10.2 Å². The van der Waals surface area contributed by atoms with E-state index in [2.05, 4.69) is 10.6 Å². The monoisotopic (exact) mass is 378 g/mol. The first kappa shape index (κ1) is 20.7. The highest BCUT2D eigenvalue weighted by atomic mass is 16.4. The van der Waals surface area contributed by atoms with Crippen LogP contribution in [-0.2, 0) is 16.0 Å². The standard InChI is InChI=1S/C15H22N2O2.C4H4O4/c1-16-14-10-5-7-12(17-9-3-2-4-9)15(19)11(10)6-8-13(14)18;5-3(6)1-2-4(7)8/h6,8-9,12,15-19H,2-5,7H2,1H3;1-2H,(H,5,6)(H,7,8)/t12-,15-;/m1./s1. The van der Waals surface area contributed by atoms with Crippen LogP contribution in [-0.4, -0.2) is 51.5 Å². The number of phenols is 1. The molecule has 0 radical (unpaired) electrons. The van der Waals surface area contributed by atoms with Gasteiger partial charge in [-0.2, -0.15) is 0 Å². The Labute approximate surface area is 157 Å². The van der Waals surface area contributed by atoms with E-state index in [0.29, 0.717) is 18.2 Å². The molecule has 1 saturated carbocycles. The van der Waals surface area contributed by atoms with Crippen molar-refractivity contribution in [3.8, 4) is 5.75 Å². The topological polar surface area (TPSA) is 139 Å². The summed E-state index contributed by atoms with van der Waals surface area (Å²) < 4.78 is 0. The lowest BCUT2D eigenvalue weighted by Crippen LogP contribution is -2.47. The smallest absolute Gasteiger partial charge is 0.328 e. The van der Waals surface area contributed by atoms with E-state index in [-0.39, 0.29) is 11.8 Å². The minimum atomic E-state index is -1.26. The van der Waals surface area contributed by atoms with E-state index in [1.165, 1.54) is 19.3 Å². The van der Waals surface area contributed by atoms with Gasteiger partial charge in [-0.05, 0) is 42.9 Å². The SMILES string of the molecule is CNc1c(O)ccc2c1CC[C@@H](NC1CCC1)[C@@H]2O.O=C(O)C=CC(=O)O. The Hall–Kier alpha value is -2.58. The Morgan fingerprint density at radius 2 is 1.74 bits per heavy atom. The second-order valence-corrected chi connectivity index (χ2v) is 6.67. The van der Waals surface area contributed by atoms with Gasteiger partial charge in [0.2, 0.25) is 0 Å². The number of carboxylic acid groups (broad SMARTS) is 2. The van der Waals surface area contributed by atoms with Gasteiger partial charge in [-0.1, -0.05) is 12.5 Å². The van der Waals surface area contributed by atoms with E-state index < -0.39 is 18.0 Å². The van der Waals surface area contributed by atoms with Crippen LogP contribution in [0.4, 0.5) is 5.69 Å². The molecule has 8 nitrogen and oxygen atoms in total. The predicted octanol–water partition coefficient (Wildman–Crippen LogP) is 1.64. The van der Waals surface area contributed by atoms with Gasteiger partial charge < -0.3 is 31.1 Å². The summed E-state index contributed by atoms with van der Waals surface area (Å²) in [7, 11) is 1.81. The summed E-state index contributed by atoms with van der Waals surface area (Å²) in [4.78, 5) is 19.1. The number of aliphatic hydroxyl groups excluding tert-OH is 1. The lowest BCUT2D eigenvalue weighted by molar-refractivity contribution is -0.134. The van der Waals surface area contributed by atoms with Crippen LogP contribution in [0.2, 0.25) is 0 Å². The predicted molar refractivity (Wildman–Crippen MR) is 99.9 cm³/mol. The average molecular weight is 378 g/mol. The third-order valence-corrected chi connectivity index (χ3v) is 4.91. The van der Waals surface area contributed by atoms with Gasteiger partial charge in [-0.3, -0.25) is 0 Å². The van der Waals surface area contributed by atoms with Crippen molar-refractivity contribution in [2.75, 3.05) is 12.4 Å². The van der Waals surface area contributed by atoms with Gasteiger partial charge in [0, 0.05) is 31.3 Å². The lowest BCUT2D eigenvalue weighted by Gasteiger charge is -2.37. The molecule has 1 aromatic carbocycles. The molecular weight excluding hydrogens is 352 g/mol. The highest BCUT2D eigenvalue weighted by molar-refractivity contribution is 5.89.